The first-order valence-electron chi connectivity index (χ1n) is 14.9. The van der Waals surface area contributed by atoms with Gasteiger partial charge < -0.3 is 24.3 Å². The van der Waals surface area contributed by atoms with Crippen molar-refractivity contribution in [2.45, 2.75) is 48.9 Å². The molecule has 0 spiro atoms. The fraction of sp³-hybridized carbons (Fsp3) is 0.333. The van der Waals surface area contributed by atoms with Gasteiger partial charge in [-0.1, -0.05) is 24.6 Å². The Morgan fingerprint density at radius 3 is 2.54 bits per heavy atom. The maximum atomic E-state index is 15.4. The third-order valence-corrected chi connectivity index (χ3v) is 10.5. The number of carbonyl (C=O) groups excluding carboxylic acids is 1. The van der Waals surface area contributed by atoms with E-state index in [1.54, 1.807) is 23.1 Å². The summed E-state index contributed by atoms with van der Waals surface area (Å²) in [6, 6.07) is 15.3. The monoisotopic (exact) mass is 666 g/mol. The quantitative estimate of drug-likeness (QED) is 0.218. The van der Waals surface area contributed by atoms with Crippen LogP contribution in [0, 0.1) is 0 Å². The molecule has 3 unspecified atom stereocenters. The molecule has 1 saturated heterocycles. The number of likely N-dealkylation sites (tertiary alicyclic amines) is 1. The molecule has 2 aliphatic rings. The first-order valence-corrected chi connectivity index (χ1v) is 16.7. The Labute approximate surface area is 272 Å². The summed E-state index contributed by atoms with van der Waals surface area (Å²) in [6.07, 6.45) is 3.16. The molecular weight excluding hydrogens is 632 g/mol. The molecule has 2 N–H and O–H groups in total. The number of amides is 1. The minimum atomic E-state index is -4.48. The van der Waals surface area contributed by atoms with E-state index >= 15 is 4.79 Å². The molecule has 0 saturated carbocycles. The Hall–Kier alpha value is -3.94. The number of carbonyl (C=O) groups is 1. The molecule has 2 aliphatic heterocycles. The number of ether oxygens (including phenoxy) is 2. The number of nitrogens with one attached hydrogen (secondary N) is 1. The number of fused-ring (bicyclic) bond motifs is 1. The molecule has 4 aromatic rings. The van der Waals surface area contributed by atoms with Crippen LogP contribution in [-0.2, 0) is 26.9 Å². The van der Waals surface area contributed by atoms with E-state index in [0.717, 1.165) is 22.8 Å². The smallest absolute Gasteiger partial charge is 0.271 e. The third-order valence-electron chi connectivity index (χ3n) is 8.51. The van der Waals surface area contributed by atoms with Gasteiger partial charge in [0.2, 0.25) is 5.89 Å². The van der Waals surface area contributed by atoms with Gasteiger partial charge in [0.1, 0.15) is 17.8 Å². The summed E-state index contributed by atoms with van der Waals surface area (Å²) in [7, 11) is -1.50. The number of aliphatic hydroxyl groups excluding tert-OH is 1. The number of benzene rings is 3. The van der Waals surface area contributed by atoms with E-state index in [1.807, 2.05) is 12.1 Å². The highest BCUT2D eigenvalue weighted by Gasteiger charge is 2.63. The number of sulfonamides is 1. The Morgan fingerprint density at radius 2 is 1.87 bits per heavy atom. The van der Waals surface area contributed by atoms with Gasteiger partial charge in [-0.3, -0.25) is 9.69 Å². The predicted molar refractivity (Wildman–Crippen MR) is 171 cm³/mol. The van der Waals surface area contributed by atoms with Crippen LogP contribution in [0.3, 0.4) is 0 Å². The van der Waals surface area contributed by atoms with E-state index in [9.17, 15) is 13.5 Å². The maximum Gasteiger partial charge on any atom is 0.271 e. The summed E-state index contributed by atoms with van der Waals surface area (Å²) in [5, 5.41) is 14.8. The van der Waals surface area contributed by atoms with Gasteiger partial charge in [0.25, 0.3) is 15.9 Å². The summed E-state index contributed by atoms with van der Waals surface area (Å²) in [5.74, 6) is 0.327. The van der Waals surface area contributed by atoms with Crippen molar-refractivity contribution in [2.24, 2.45) is 0 Å². The highest BCUT2D eigenvalue weighted by molar-refractivity contribution is 7.93. The van der Waals surface area contributed by atoms with Crippen molar-refractivity contribution in [3.8, 4) is 11.5 Å². The second-order valence-electron chi connectivity index (χ2n) is 11.3. The number of methoxy groups -OCH3 is 2. The number of anilines is 1. The predicted octanol–water partition coefficient (Wildman–Crippen LogP) is 4.63. The van der Waals surface area contributed by atoms with Crippen LogP contribution in [-0.4, -0.2) is 62.7 Å². The fourth-order valence-corrected chi connectivity index (χ4v) is 8.14. The van der Waals surface area contributed by atoms with Crippen molar-refractivity contribution in [1.29, 1.82) is 0 Å². The van der Waals surface area contributed by atoms with Crippen LogP contribution in [0.5, 0.6) is 11.5 Å². The molecule has 3 atom stereocenters. The number of aliphatic hydroxyl groups is 1. The SMILES string of the molecule is CCCNCc1ccc(OC)c(C2(N3CC(O)CC3c3ncco3)C(=O)N(S(=O)(=O)c3ccc(OC)cc3)c3ccc(Cl)cc32)c1. The standard InChI is InChI=1S/C33H35ClN4O7S/c1-4-13-35-19-21-5-12-30(44-3)27(16-21)33(37-20-23(39)18-29(37)31-36-14-15-45-31)26-17-22(34)6-11-28(26)38(32(33)40)46(41,42)25-9-7-24(43-2)8-10-25/h5-12,14-17,23,29,35,39H,4,13,18-20H2,1-3H3. The third kappa shape index (κ3) is 5.23. The van der Waals surface area contributed by atoms with Crippen molar-refractivity contribution in [3.63, 3.8) is 0 Å². The Morgan fingerprint density at radius 1 is 1.09 bits per heavy atom. The summed E-state index contributed by atoms with van der Waals surface area (Å²) in [4.78, 5) is 21.5. The van der Waals surface area contributed by atoms with Crippen molar-refractivity contribution < 1.29 is 32.2 Å². The van der Waals surface area contributed by atoms with Crippen LogP contribution in [0.25, 0.3) is 0 Å². The zero-order valence-corrected chi connectivity index (χ0v) is 27.2. The van der Waals surface area contributed by atoms with E-state index in [4.69, 9.17) is 25.5 Å². The number of nitrogens with zero attached hydrogens (tertiary/aromatic N) is 3. The van der Waals surface area contributed by atoms with Crippen molar-refractivity contribution in [2.75, 3.05) is 31.6 Å². The lowest BCUT2D eigenvalue weighted by Crippen LogP contribution is -2.55. The number of hydrogen-bond acceptors (Lipinski definition) is 10. The van der Waals surface area contributed by atoms with Crippen LogP contribution < -0.4 is 19.1 Å². The molecule has 46 heavy (non-hydrogen) atoms. The number of aromatic nitrogens is 1. The first kappa shape index (κ1) is 32.0. The number of hydrogen-bond donors (Lipinski definition) is 2. The average Bonchev–Trinajstić information content (AvgIpc) is 3.78. The van der Waals surface area contributed by atoms with E-state index in [1.165, 1.54) is 57.0 Å². The molecule has 242 valence electrons. The molecule has 3 aromatic carbocycles. The Kier molecular flexibility index (Phi) is 8.83. The maximum absolute atomic E-state index is 15.4. The summed E-state index contributed by atoms with van der Waals surface area (Å²) < 4.78 is 46.7. The van der Waals surface area contributed by atoms with Crippen molar-refractivity contribution in [3.05, 3.63) is 101 Å². The normalized spacial score (nSPS) is 21.5. The van der Waals surface area contributed by atoms with E-state index in [-0.39, 0.29) is 29.4 Å². The largest absolute Gasteiger partial charge is 0.497 e. The minimum Gasteiger partial charge on any atom is -0.497 e. The fourth-order valence-electron chi connectivity index (χ4n) is 6.51. The van der Waals surface area contributed by atoms with Crippen LogP contribution in [0.1, 0.15) is 48.4 Å². The van der Waals surface area contributed by atoms with E-state index in [2.05, 4.69) is 17.2 Å². The lowest BCUT2D eigenvalue weighted by atomic mass is 9.80. The summed E-state index contributed by atoms with van der Waals surface area (Å²) in [6.45, 7) is 3.35. The van der Waals surface area contributed by atoms with E-state index < -0.39 is 33.6 Å². The first-order chi connectivity index (χ1) is 22.2. The number of oxazole rings is 1. The van der Waals surface area contributed by atoms with Gasteiger partial charge in [0.15, 0.2) is 5.54 Å². The van der Waals surface area contributed by atoms with Gasteiger partial charge in [0.05, 0.1) is 43.1 Å². The number of rotatable bonds is 11. The molecule has 11 nitrogen and oxygen atoms in total. The number of halogens is 1. The number of β-amino-alcohol motifs (C(OH)–C–C–N with tert-alkyl or cyclic N) is 1. The Balaban J connectivity index is 1.65. The van der Waals surface area contributed by atoms with Gasteiger partial charge in [-0.2, -0.15) is 0 Å². The molecule has 13 heteroatoms. The molecule has 0 radical (unpaired) electrons. The molecule has 1 aromatic heterocycles. The molecule has 1 amide bonds. The van der Waals surface area contributed by atoms with E-state index in [0.29, 0.717) is 34.2 Å². The van der Waals surface area contributed by atoms with Gasteiger partial charge in [-0.05, 0) is 79.5 Å². The minimum absolute atomic E-state index is 0.00261. The molecule has 6 rings (SSSR count). The van der Waals surface area contributed by atoms with Gasteiger partial charge in [-0.15, -0.1) is 0 Å². The van der Waals surface area contributed by atoms with Crippen LogP contribution in [0.2, 0.25) is 5.02 Å². The molecule has 1 fully saturated rings. The second-order valence-corrected chi connectivity index (χ2v) is 13.5. The van der Waals surface area contributed by atoms with Gasteiger partial charge >= 0.3 is 0 Å². The lowest BCUT2D eigenvalue weighted by Gasteiger charge is -2.41. The zero-order chi connectivity index (χ0) is 32.6. The Bertz CT molecular complexity index is 1840. The molecule has 0 bridgehead atoms. The molecular formula is C33H35ClN4O7S. The highest BCUT2D eigenvalue weighted by atomic mass is 35.5. The van der Waals surface area contributed by atoms with Crippen molar-refractivity contribution >= 4 is 33.2 Å². The lowest BCUT2D eigenvalue weighted by molar-refractivity contribution is -0.127. The average molecular weight is 667 g/mol. The van der Waals surface area contributed by atoms with Gasteiger partial charge in [0, 0.05) is 29.2 Å². The summed E-state index contributed by atoms with van der Waals surface area (Å²) >= 11 is 6.63. The van der Waals surface area contributed by atoms with Crippen LogP contribution in [0.15, 0.2) is 82.4 Å². The highest BCUT2D eigenvalue weighted by Crippen LogP contribution is 2.56. The second kappa shape index (κ2) is 12.7. The molecule has 3 heterocycles. The van der Waals surface area contributed by atoms with Gasteiger partial charge in [-0.25, -0.2) is 17.7 Å². The van der Waals surface area contributed by atoms with Crippen LogP contribution in [0.4, 0.5) is 5.69 Å². The summed E-state index contributed by atoms with van der Waals surface area (Å²) in [5.41, 5.74) is -0.122. The topological polar surface area (TPSA) is 134 Å². The molecule has 0 aliphatic carbocycles. The van der Waals surface area contributed by atoms with Crippen LogP contribution >= 0.6 is 11.6 Å². The van der Waals surface area contributed by atoms with Crippen molar-refractivity contribution in [1.82, 2.24) is 15.2 Å². The zero-order valence-electron chi connectivity index (χ0n) is 25.6.